The first-order valence-electron chi connectivity index (χ1n) is 6.03. The molecule has 2 rings (SSSR count). The van der Waals surface area contributed by atoms with Gasteiger partial charge < -0.3 is 9.47 Å². The van der Waals surface area contributed by atoms with Gasteiger partial charge in [-0.1, -0.05) is 29.3 Å². The van der Waals surface area contributed by atoms with Crippen LogP contribution < -0.4 is 9.47 Å². The summed E-state index contributed by atoms with van der Waals surface area (Å²) in [6, 6.07) is 12.8. The number of methoxy groups -OCH3 is 1. The van der Waals surface area contributed by atoms with Gasteiger partial charge in [-0.05, 0) is 38.1 Å². The third-order valence-corrected chi connectivity index (χ3v) is 2.81. The van der Waals surface area contributed by atoms with Gasteiger partial charge in [-0.15, -0.1) is 0 Å². The molecule has 0 N–H and O–H groups in total. The number of rotatable bonds is 3. The van der Waals surface area contributed by atoms with E-state index in [1.807, 2.05) is 32.0 Å². The maximum absolute atomic E-state index is 12.1. The first-order valence-corrected chi connectivity index (χ1v) is 6.03. The van der Waals surface area contributed by atoms with Crippen molar-refractivity contribution in [3.8, 4) is 11.5 Å². The van der Waals surface area contributed by atoms with Crippen molar-refractivity contribution >= 4 is 5.97 Å². The third-order valence-electron chi connectivity index (χ3n) is 2.81. The Labute approximate surface area is 112 Å². The SMILES string of the molecule is COc1ccc(C)cc1C(=O)Oc1ccc(C)cc1. The fourth-order valence-corrected chi connectivity index (χ4v) is 1.75. The van der Waals surface area contributed by atoms with Crippen molar-refractivity contribution in [2.45, 2.75) is 13.8 Å². The predicted molar refractivity (Wildman–Crippen MR) is 73.9 cm³/mol. The van der Waals surface area contributed by atoms with Crippen molar-refractivity contribution in [1.29, 1.82) is 0 Å². The van der Waals surface area contributed by atoms with Gasteiger partial charge >= 0.3 is 5.97 Å². The lowest BCUT2D eigenvalue weighted by Gasteiger charge is -2.09. The molecule has 0 fully saturated rings. The van der Waals surface area contributed by atoms with Crippen LogP contribution in [0.15, 0.2) is 42.5 Å². The van der Waals surface area contributed by atoms with Gasteiger partial charge in [-0.3, -0.25) is 0 Å². The van der Waals surface area contributed by atoms with E-state index in [1.165, 1.54) is 7.11 Å². The third kappa shape index (κ3) is 3.13. The Morgan fingerprint density at radius 2 is 1.58 bits per heavy atom. The molecule has 0 amide bonds. The van der Waals surface area contributed by atoms with Gasteiger partial charge in [-0.2, -0.15) is 0 Å². The van der Waals surface area contributed by atoms with Gasteiger partial charge in [0.25, 0.3) is 0 Å². The van der Waals surface area contributed by atoms with Crippen molar-refractivity contribution < 1.29 is 14.3 Å². The van der Waals surface area contributed by atoms with Crippen LogP contribution in [0.3, 0.4) is 0 Å². The van der Waals surface area contributed by atoms with Crippen LogP contribution in [-0.2, 0) is 0 Å². The molecular formula is C16H16O3. The lowest BCUT2D eigenvalue weighted by atomic mass is 10.1. The molecule has 0 bridgehead atoms. The normalized spacial score (nSPS) is 10.1. The van der Waals surface area contributed by atoms with Crippen molar-refractivity contribution in [2.24, 2.45) is 0 Å². The van der Waals surface area contributed by atoms with Crippen molar-refractivity contribution in [1.82, 2.24) is 0 Å². The Balaban J connectivity index is 2.24. The van der Waals surface area contributed by atoms with Crippen molar-refractivity contribution in [3.05, 3.63) is 59.2 Å². The molecular weight excluding hydrogens is 240 g/mol. The summed E-state index contributed by atoms with van der Waals surface area (Å²) >= 11 is 0. The van der Waals surface area contributed by atoms with Gasteiger partial charge in [0, 0.05) is 0 Å². The zero-order valence-corrected chi connectivity index (χ0v) is 11.3. The molecule has 0 radical (unpaired) electrons. The van der Waals surface area contributed by atoms with E-state index in [0.29, 0.717) is 17.1 Å². The Morgan fingerprint density at radius 1 is 0.947 bits per heavy atom. The number of esters is 1. The van der Waals surface area contributed by atoms with Crippen molar-refractivity contribution in [3.63, 3.8) is 0 Å². The molecule has 0 atom stereocenters. The van der Waals surface area contributed by atoms with E-state index >= 15 is 0 Å². The quantitative estimate of drug-likeness (QED) is 0.622. The fraction of sp³-hybridized carbons (Fsp3) is 0.188. The molecule has 0 aromatic heterocycles. The number of hydrogen-bond donors (Lipinski definition) is 0. The molecule has 19 heavy (non-hydrogen) atoms. The summed E-state index contributed by atoms with van der Waals surface area (Å²) in [6.07, 6.45) is 0. The molecule has 3 nitrogen and oxygen atoms in total. The molecule has 2 aromatic carbocycles. The Bertz CT molecular complexity index is 585. The zero-order valence-electron chi connectivity index (χ0n) is 11.3. The summed E-state index contributed by atoms with van der Waals surface area (Å²) < 4.78 is 10.5. The number of benzene rings is 2. The van der Waals surface area contributed by atoms with Gasteiger partial charge in [0.1, 0.15) is 17.1 Å². The smallest absolute Gasteiger partial charge is 0.347 e. The zero-order chi connectivity index (χ0) is 13.8. The first-order chi connectivity index (χ1) is 9.10. The number of aryl methyl sites for hydroxylation is 2. The summed E-state index contributed by atoms with van der Waals surface area (Å²) in [7, 11) is 1.54. The fourth-order valence-electron chi connectivity index (χ4n) is 1.75. The summed E-state index contributed by atoms with van der Waals surface area (Å²) in [5.74, 6) is 0.631. The van der Waals surface area contributed by atoms with E-state index in [2.05, 4.69) is 0 Å². The van der Waals surface area contributed by atoms with E-state index in [-0.39, 0.29) is 0 Å². The average molecular weight is 256 g/mol. The largest absolute Gasteiger partial charge is 0.496 e. The van der Waals surface area contributed by atoms with Crippen molar-refractivity contribution in [2.75, 3.05) is 7.11 Å². The summed E-state index contributed by atoms with van der Waals surface area (Å²) in [4.78, 5) is 12.1. The minimum atomic E-state index is -0.413. The molecule has 2 aromatic rings. The summed E-state index contributed by atoms with van der Waals surface area (Å²) in [5, 5.41) is 0. The van der Waals surface area contributed by atoms with E-state index in [1.54, 1.807) is 24.3 Å². The van der Waals surface area contributed by atoms with E-state index in [9.17, 15) is 4.79 Å². The van der Waals surface area contributed by atoms with Crippen LogP contribution in [0, 0.1) is 13.8 Å². The highest BCUT2D eigenvalue weighted by Gasteiger charge is 2.14. The Hall–Kier alpha value is -2.29. The average Bonchev–Trinajstić information content (AvgIpc) is 2.41. The van der Waals surface area contributed by atoms with Gasteiger partial charge in [-0.25, -0.2) is 4.79 Å². The van der Waals surface area contributed by atoms with Crippen LogP contribution in [0.2, 0.25) is 0 Å². The highest BCUT2D eigenvalue weighted by Crippen LogP contribution is 2.22. The maximum atomic E-state index is 12.1. The van der Waals surface area contributed by atoms with Crippen LogP contribution in [0.1, 0.15) is 21.5 Å². The summed E-state index contributed by atoms with van der Waals surface area (Å²) in [6.45, 7) is 3.90. The molecule has 0 saturated heterocycles. The number of carbonyl (C=O) groups is 1. The molecule has 0 unspecified atom stereocenters. The second-order valence-electron chi connectivity index (χ2n) is 4.41. The summed E-state index contributed by atoms with van der Waals surface area (Å²) in [5.41, 5.74) is 2.53. The monoisotopic (exact) mass is 256 g/mol. The van der Waals surface area contributed by atoms with Gasteiger partial charge in [0.15, 0.2) is 0 Å². The molecule has 0 spiro atoms. The Kier molecular flexibility index (Phi) is 3.85. The predicted octanol–water partition coefficient (Wildman–Crippen LogP) is 3.53. The molecule has 3 heteroatoms. The minimum Gasteiger partial charge on any atom is -0.496 e. The molecule has 98 valence electrons. The lowest BCUT2D eigenvalue weighted by molar-refractivity contribution is 0.0731. The standard InChI is InChI=1S/C16H16O3/c1-11-4-7-13(8-5-11)19-16(17)14-10-12(2)6-9-15(14)18-3/h4-10H,1-3H3. The minimum absolute atomic E-state index is 0.413. The second-order valence-corrected chi connectivity index (χ2v) is 4.41. The Morgan fingerprint density at radius 3 is 2.21 bits per heavy atom. The molecule has 0 saturated carbocycles. The van der Waals surface area contributed by atoms with E-state index in [0.717, 1.165) is 11.1 Å². The molecule has 0 heterocycles. The second kappa shape index (κ2) is 5.57. The number of ether oxygens (including phenoxy) is 2. The van der Waals surface area contributed by atoms with Gasteiger partial charge in [0.2, 0.25) is 0 Å². The highest BCUT2D eigenvalue weighted by molar-refractivity contribution is 5.94. The number of hydrogen-bond acceptors (Lipinski definition) is 3. The topological polar surface area (TPSA) is 35.5 Å². The first kappa shape index (κ1) is 13.1. The van der Waals surface area contributed by atoms with Crippen LogP contribution in [0.25, 0.3) is 0 Å². The lowest BCUT2D eigenvalue weighted by Crippen LogP contribution is -2.10. The van der Waals surface area contributed by atoms with Crippen LogP contribution in [0.4, 0.5) is 0 Å². The van der Waals surface area contributed by atoms with E-state index in [4.69, 9.17) is 9.47 Å². The number of carbonyl (C=O) groups excluding carboxylic acids is 1. The molecule has 0 aliphatic rings. The van der Waals surface area contributed by atoms with Crippen LogP contribution >= 0.6 is 0 Å². The van der Waals surface area contributed by atoms with E-state index < -0.39 is 5.97 Å². The molecule has 0 aliphatic carbocycles. The van der Waals surface area contributed by atoms with Crippen LogP contribution in [0.5, 0.6) is 11.5 Å². The highest BCUT2D eigenvalue weighted by atomic mass is 16.5. The maximum Gasteiger partial charge on any atom is 0.347 e. The van der Waals surface area contributed by atoms with Gasteiger partial charge in [0.05, 0.1) is 7.11 Å². The molecule has 0 aliphatic heterocycles. The van der Waals surface area contributed by atoms with Crippen LogP contribution in [-0.4, -0.2) is 13.1 Å².